The molecule has 0 aliphatic heterocycles. The van der Waals surface area contributed by atoms with E-state index in [9.17, 15) is 9.59 Å². The lowest BCUT2D eigenvalue weighted by atomic mass is 10.1. The van der Waals surface area contributed by atoms with E-state index in [0.29, 0.717) is 30.2 Å². The van der Waals surface area contributed by atoms with Gasteiger partial charge < -0.3 is 20.1 Å². The summed E-state index contributed by atoms with van der Waals surface area (Å²) in [4.78, 5) is 24.3. The molecule has 2 aromatic carbocycles. The third kappa shape index (κ3) is 6.02. The fourth-order valence-electron chi connectivity index (χ4n) is 2.41. The van der Waals surface area contributed by atoms with Gasteiger partial charge in [0.1, 0.15) is 12.6 Å². The third-order valence-electron chi connectivity index (χ3n) is 3.95. The lowest BCUT2D eigenvalue weighted by Gasteiger charge is -2.15. The van der Waals surface area contributed by atoms with Gasteiger partial charge in [0.15, 0.2) is 11.5 Å². The Balaban J connectivity index is 2.01. The molecule has 2 N–H and O–H groups in total. The summed E-state index contributed by atoms with van der Waals surface area (Å²) in [7, 11) is 1.52. The van der Waals surface area contributed by atoms with E-state index in [2.05, 4.69) is 10.6 Å². The van der Waals surface area contributed by atoms with E-state index in [1.807, 2.05) is 37.3 Å². The van der Waals surface area contributed by atoms with Crippen molar-refractivity contribution in [2.24, 2.45) is 0 Å². The first kappa shape index (κ1) is 20.3. The van der Waals surface area contributed by atoms with E-state index in [-0.39, 0.29) is 11.8 Å². The summed E-state index contributed by atoms with van der Waals surface area (Å²) in [5.41, 5.74) is 1.43. The molecule has 1 atom stereocenters. The van der Waals surface area contributed by atoms with Crippen LogP contribution in [0, 0.1) is 0 Å². The molecule has 6 nitrogen and oxygen atoms in total. The van der Waals surface area contributed by atoms with Crippen LogP contribution in [0.2, 0.25) is 0 Å². The van der Waals surface area contributed by atoms with Crippen molar-refractivity contribution >= 4 is 11.8 Å². The Morgan fingerprint density at radius 1 is 1.07 bits per heavy atom. The molecule has 144 valence electrons. The standard InChI is InChI=1S/C21H26N2O4/c1-4-12-22-20(24)15(2)23-21(25)17-10-11-18(19(13-17)26-3)27-14-16-8-6-5-7-9-16/h5-11,13,15H,4,12,14H2,1-3H3,(H,22,24)(H,23,25)/t15-/m1/s1. The number of amides is 2. The zero-order valence-corrected chi connectivity index (χ0v) is 16.0. The molecule has 0 radical (unpaired) electrons. The SMILES string of the molecule is CCCNC(=O)[C@@H](C)NC(=O)c1ccc(OCc2ccccc2)c(OC)c1. The van der Waals surface area contributed by atoms with E-state index >= 15 is 0 Å². The maximum atomic E-state index is 12.4. The fraction of sp³-hybridized carbons (Fsp3) is 0.333. The van der Waals surface area contributed by atoms with E-state index in [0.717, 1.165) is 12.0 Å². The van der Waals surface area contributed by atoms with E-state index in [4.69, 9.17) is 9.47 Å². The molecule has 0 unspecified atom stereocenters. The zero-order chi connectivity index (χ0) is 19.6. The largest absolute Gasteiger partial charge is 0.493 e. The normalized spacial score (nSPS) is 11.4. The molecule has 0 heterocycles. The lowest BCUT2D eigenvalue weighted by Crippen LogP contribution is -2.45. The summed E-state index contributed by atoms with van der Waals surface area (Å²) in [5.74, 6) is 0.454. The predicted molar refractivity (Wildman–Crippen MR) is 104 cm³/mol. The first-order chi connectivity index (χ1) is 13.0. The van der Waals surface area contributed by atoms with Crippen LogP contribution in [0.5, 0.6) is 11.5 Å². The van der Waals surface area contributed by atoms with E-state index < -0.39 is 6.04 Å². The minimum absolute atomic E-state index is 0.208. The molecule has 0 bridgehead atoms. The molecule has 0 saturated heterocycles. The van der Waals surface area contributed by atoms with Gasteiger partial charge in [-0.1, -0.05) is 37.3 Å². The molecule has 2 rings (SSSR count). The predicted octanol–water partition coefficient (Wildman–Crippen LogP) is 2.92. The highest BCUT2D eigenvalue weighted by Gasteiger charge is 2.17. The Kier molecular flexibility index (Phi) is 7.67. The summed E-state index contributed by atoms with van der Waals surface area (Å²) in [6.07, 6.45) is 0.841. The summed E-state index contributed by atoms with van der Waals surface area (Å²) in [6, 6.07) is 14.1. The molecule has 0 aliphatic rings. The van der Waals surface area contributed by atoms with Gasteiger partial charge in [-0.15, -0.1) is 0 Å². The zero-order valence-electron chi connectivity index (χ0n) is 16.0. The van der Waals surface area contributed by atoms with Gasteiger partial charge in [0.2, 0.25) is 5.91 Å². The average Bonchev–Trinajstić information content (AvgIpc) is 2.70. The Morgan fingerprint density at radius 3 is 2.48 bits per heavy atom. The topological polar surface area (TPSA) is 76.7 Å². The van der Waals surface area contributed by atoms with Crippen LogP contribution >= 0.6 is 0 Å². The van der Waals surface area contributed by atoms with Gasteiger partial charge in [-0.05, 0) is 37.1 Å². The maximum Gasteiger partial charge on any atom is 0.252 e. The van der Waals surface area contributed by atoms with Gasteiger partial charge in [-0.2, -0.15) is 0 Å². The van der Waals surface area contributed by atoms with E-state index in [1.165, 1.54) is 7.11 Å². The highest BCUT2D eigenvalue weighted by Crippen LogP contribution is 2.28. The maximum absolute atomic E-state index is 12.4. The first-order valence-corrected chi connectivity index (χ1v) is 8.98. The summed E-state index contributed by atoms with van der Waals surface area (Å²) >= 11 is 0. The van der Waals surface area contributed by atoms with Crippen molar-refractivity contribution < 1.29 is 19.1 Å². The Labute approximate surface area is 159 Å². The molecule has 0 aromatic heterocycles. The number of hydrogen-bond acceptors (Lipinski definition) is 4. The number of hydrogen-bond donors (Lipinski definition) is 2. The molecule has 2 aromatic rings. The molecule has 27 heavy (non-hydrogen) atoms. The second-order valence-corrected chi connectivity index (χ2v) is 6.13. The van der Waals surface area contributed by atoms with Crippen LogP contribution in [-0.4, -0.2) is 31.5 Å². The molecular weight excluding hydrogens is 344 g/mol. The monoisotopic (exact) mass is 370 g/mol. The lowest BCUT2D eigenvalue weighted by molar-refractivity contribution is -0.122. The number of ether oxygens (including phenoxy) is 2. The van der Waals surface area contributed by atoms with Crippen molar-refractivity contribution in [2.45, 2.75) is 32.9 Å². The molecule has 0 fully saturated rings. The highest BCUT2D eigenvalue weighted by molar-refractivity contribution is 5.97. The van der Waals surface area contributed by atoms with Crippen molar-refractivity contribution in [1.82, 2.24) is 10.6 Å². The molecule has 6 heteroatoms. The summed E-state index contributed by atoms with van der Waals surface area (Å²) in [6.45, 7) is 4.60. The summed E-state index contributed by atoms with van der Waals surface area (Å²) < 4.78 is 11.1. The summed E-state index contributed by atoms with van der Waals surface area (Å²) in [5, 5.41) is 5.44. The van der Waals surface area contributed by atoms with Crippen LogP contribution in [0.4, 0.5) is 0 Å². The molecule has 2 amide bonds. The van der Waals surface area contributed by atoms with Crippen LogP contribution in [0.25, 0.3) is 0 Å². The average molecular weight is 370 g/mol. The number of carbonyl (C=O) groups excluding carboxylic acids is 2. The Morgan fingerprint density at radius 2 is 1.81 bits per heavy atom. The van der Waals surface area contributed by atoms with Crippen LogP contribution < -0.4 is 20.1 Å². The van der Waals surface area contributed by atoms with Crippen LogP contribution in [0.3, 0.4) is 0 Å². The van der Waals surface area contributed by atoms with Crippen LogP contribution in [-0.2, 0) is 11.4 Å². The minimum atomic E-state index is -0.621. The number of methoxy groups -OCH3 is 1. The molecule has 0 aliphatic carbocycles. The molecular formula is C21H26N2O4. The van der Waals surface area contributed by atoms with Crippen LogP contribution in [0.15, 0.2) is 48.5 Å². The third-order valence-corrected chi connectivity index (χ3v) is 3.95. The Bertz CT molecular complexity index is 762. The Hall–Kier alpha value is -3.02. The first-order valence-electron chi connectivity index (χ1n) is 8.98. The number of benzene rings is 2. The van der Waals surface area contributed by atoms with Gasteiger partial charge >= 0.3 is 0 Å². The number of carbonyl (C=O) groups is 2. The molecule has 0 spiro atoms. The quantitative estimate of drug-likeness (QED) is 0.712. The van der Waals surface area contributed by atoms with Crippen molar-refractivity contribution in [3.8, 4) is 11.5 Å². The number of rotatable bonds is 9. The van der Waals surface area contributed by atoms with Gasteiger partial charge in [0, 0.05) is 12.1 Å². The van der Waals surface area contributed by atoms with Gasteiger partial charge in [-0.25, -0.2) is 0 Å². The molecule has 0 saturated carbocycles. The van der Waals surface area contributed by atoms with Crippen molar-refractivity contribution in [3.05, 3.63) is 59.7 Å². The minimum Gasteiger partial charge on any atom is -0.493 e. The van der Waals surface area contributed by atoms with Gasteiger partial charge in [0.25, 0.3) is 5.91 Å². The van der Waals surface area contributed by atoms with Crippen molar-refractivity contribution in [3.63, 3.8) is 0 Å². The fourth-order valence-corrected chi connectivity index (χ4v) is 2.41. The van der Waals surface area contributed by atoms with Crippen molar-refractivity contribution in [1.29, 1.82) is 0 Å². The van der Waals surface area contributed by atoms with Crippen molar-refractivity contribution in [2.75, 3.05) is 13.7 Å². The van der Waals surface area contributed by atoms with E-state index in [1.54, 1.807) is 25.1 Å². The van der Waals surface area contributed by atoms with Gasteiger partial charge in [0.05, 0.1) is 7.11 Å². The second-order valence-electron chi connectivity index (χ2n) is 6.13. The smallest absolute Gasteiger partial charge is 0.252 e. The highest BCUT2D eigenvalue weighted by atomic mass is 16.5. The van der Waals surface area contributed by atoms with Gasteiger partial charge in [-0.3, -0.25) is 9.59 Å². The van der Waals surface area contributed by atoms with Crippen LogP contribution in [0.1, 0.15) is 36.2 Å². The second kappa shape index (κ2) is 10.2. The number of nitrogens with one attached hydrogen (secondary N) is 2.